The van der Waals surface area contributed by atoms with Crippen molar-refractivity contribution in [3.63, 3.8) is 0 Å². The lowest BCUT2D eigenvalue weighted by Gasteiger charge is -2.05. The largest absolute Gasteiger partial charge is 0.323 e. The summed E-state index contributed by atoms with van der Waals surface area (Å²) in [5.41, 5.74) is 4.76. The molecule has 0 aliphatic rings. The minimum atomic E-state index is -0.0784. The molecular weight excluding hydrogens is 356 g/mol. The minimum Gasteiger partial charge on any atom is -0.323 e. The van der Waals surface area contributed by atoms with E-state index in [0.717, 1.165) is 51.2 Å². The van der Waals surface area contributed by atoms with Crippen molar-refractivity contribution in [3.05, 3.63) is 33.9 Å². The maximum atomic E-state index is 11.8. The van der Waals surface area contributed by atoms with Crippen LogP contribution in [0.15, 0.2) is 22.7 Å². The number of nitrogens with zero attached hydrogens (tertiary/aromatic N) is 4. The number of imidazole rings is 1. The second kappa shape index (κ2) is 5.92. The zero-order chi connectivity index (χ0) is 16.7. The van der Waals surface area contributed by atoms with Crippen LogP contribution in [0.1, 0.15) is 36.8 Å². The first-order valence-corrected chi connectivity index (χ1v) is 8.52. The van der Waals surface area contributed by atoms with Crippen molar-refractivity contribution in [1.82, 2.24) is 19.3 Å². The summed E-state index contributed by atoms with van der Waals surface area (Å²) in [5.74, 6) is 0.742. The summed E-state index contributed by atoms with van der Waals surface area (Å²) in [6, 6.07) is 6.07. The van der Waals surface area contributed by atoms with Crippen molar-refractivity contribution in [2.75, 3.05) is 0 Å². The Labute approximate surface area is 143 Å². The van der Waals surface area contributed by atoms with Gasteiger partial charge in [0, 0.05) is 29.2 Å². The van der Waals surface area contributed by atoms with Crippen LogP contribution in [0.25, 0.3) is 22.6 Å². The van der Waals surface area contributed by atoms with Crippen molar-refractivity contribution in [1.29, 1.82) is 0 Å². The standard InChI is InChI=1S/C17H19BrN4O/c1-5-13-10(3)22(11(4)23)20-16(13)17-19-14-9-12(18)7-8-15(14)21(17)6-2/h7-9H,5-6H2,1-4H3. The molecule has 0 saturated heterocycles. The number of rotatable bonds is 3. The number of aromatic nitrogens is 4. The Balaban J connectivity index is 2.32. The third-order valence-corrected chi connectivity index (χ3v) is 4.62. The fourth-order valence-electron chi connectivity index (χ4n) is 3.05. The molecule has 0 atom stereocenters. The fraction of sp³-hybridized carbons (Fsp3) is 0.353. The van der Waals surface area contributed by atoms with E-state index in [1.54, 1.807) is 0 Å². The van der Waals surface area contributed by atoms with E-state index in [4.69, 9.17) is 4.98 Å². The molecule has 2 heterocycles. The summed E-state index contributed by atoms with van der Waals surface area (Å²) in [4.78, 5) is 16.6. The minimum absolute atomic E-state index is 0.0784. The van der Waals surface area contributed by atoms with Gasteiger partial charge >= 0.3 is 0 Å². The van der Waals surface area contributed by atoms with Gasteiger partial charge in [-0.1, -0.05) is 22.9 Å². The Kier molecular flexibility index (Phi) is 4.10. The maximum Gasteiger partial charge on any atom is 0.243 e. The highest BCUT2D eigenvalue weighted by molar-refractivity contribution is 9.10. The van der Waals surface area contributed by atoms with Gasteiger partial charge in [0.05, 0.1) is 11.0 Å². The molecule has 0 unspecified atom stereocenters. The van der Waals surface area contributed by atoms with Crippen LogP contribution < -0.4 is 0 Å². The highest BCUT2D eigenvalue weighted by atomic mass is 79.9. The molecule has 0 fully saturated rings. The average molecular weight is 375 g/mol. The first-order chi connectivity index (χ1) is 11.0. The summed E-state index contributed by atoms with van der Waals surface area (Å²) in [7, 11) is 0. The van der Waals surface area contributed by atoms with Gasteiger partial charge in [-0.2, -0.15) is 5.10 Å². The van der Waals surface area contributed by atoms with Crippen molar-refractivity contribution in [3.8, 4) is 11.5 Å². The molecule has 5 nitrogen and oxygen atoms in total. The molecule has 0 spiro atoms. The molecule has 1 aromatic carbocycles. The lowest BCUT2D eigenvalue weighted by molar-refractivity contribution is 0.0919. The number of halogens is 1. The van der Waals surface area contributed by atoms with Gasteiger partial charge in [-0.05, 0) is 38.5 Å². The molecule has 0 N–H and O–H groups in total. The van der Waals surface area contributed by atoms with Gasteiger partial charge in [0.2, 0.25) is 5.91 Å². The molecule has 0 amide bonds. The highest BCUT2D eigenvalue weighted by Gasteiger charge is 2.22. The van der Waals surface area contributed by atoms with Crippen molar-refractivity contribution in [2.45, 2.75) is 40.7 Å². The Bertz CT molecular complexity index is 907. The Hall–Kier alpha value is -1.95. The zero-order valence-electron chi connectivity index (χ0n) is 13.7. The van der Waals surface area contributed by atoms with Crippen LogP contribution in [0, 0.1) is 6.92 Å². The molecule has 0 bridgehead atoms. The summed E-state index contributed by atoms with van der Waals surface area (Å²) < 4.78 is 4.62. The number of fused-ring (bicyclic) bond motifs is 1. The van der Waals surface area contributed by atoms with E-state index in [1.165, 1.54) is 11.6 Å². The second-order valence-corrected chi connectivity index (χ2v) is 6.43. The van der Waals surface area contributed by atoms with Crippen LogP contribution in [-0.2, 0) is 13.0 Å². The van der Waals surface area contributed by atoms with Crippen molar-refractivity contribution in [2.24, 2.45) is 0 Å². The number of aryl methyl sites for hydroxylation is 1. The molecule has 23 heavy (non-hydrogen) atoms. The van der Waals surface area contributed by atoms with Gasteiger partial charge in [0.25, 0.3) is 0 Å². The van der Waals surface area contributed by atoms with E-state index in [1.807, 2.05) is 19.1 Å². The Morgan fingerprint density at radius 3 is 2.65 bits per heavy atom. The van der Waals surface area contributed by atoms with Crippen LogP contribution in [0.3, 0.4) is 0 Å². The second-order valence-electron chi connectivity index (χ2n) is 5.51. The highest BCUT2D eigenvalue weighted by Crippen LogP contribution is 2.30. The molecular formula is C17H19BrN4O. The molecule has 6 heteroatoms. The average Bonchev–Trinajstić information content (AvgIpc) is 3.03. The monoisotopic (exact) mass is 374 g/mol. The molecule has 0 aliphatic carbocycles. The predicted molar refractivity (Wildman–Crippen MR) is 94.7 cm³/mol. The van der Waals surface area contributed by atoms with Crippen LogP contribution in [0.4, 0.5) is 0 Å². The number of hydrogen-bond donors (Lipinski definition) is 0. The molecule has 3 aromatic rings. The number of hydrogen-bond acceptors (Lipinski definition) is 3. The third kappa shape index (κ3) is 2.51. The van der Waals surface area contributed by atoms with Crippen LogP contribution in [0.2, 0.25) is 0 Å². The van der Waals surface area contributed by atoms with E-state index in [0.29, 0.717) is 0 Å². The fourth-order valence-corrected chi connectivity index (χ4v) is 3.40. The van der Waals surface area contributed by atoms with Gasteiger partial charge in [-0.15, -0.1) is 0 Å². The predicted octanol–water partition coefficient (Wildman–Crippen LogP) is 4.21. The molecule has 120 valence electrons. The lowest BCUT2D eigenvalue weighted by Crippen LogP contribution is -2.09. The zero-order valence-corrected chi connectivity index (χ0v) is 15.3. The van der Waals surface area contributed by atoms with E-state index in [9.17, 15) is 4.79 Å². The van der Waals surface area contributed by atoms with Gasteiger partial charge < -0.3 is 4.57 Å². The number of carbonyl (C=O) groups is 1. The molecule has 0 aliphatic heterocycles. The van der Waals surface area contributed by atoms with Crippen molar-refractivity contribution >= 4 is 32.9 Å². The van der Waals surface area contributed by atoms with Gasteiger partial charge in [-0.3, -0.25) is 4.79 Å². The van der Waals surface area contributed by atoms with E-state index in [-0.39, 0.29) is 5.91 Å². The molecule has 2 aromatic heterocycles. The number of benzene rings is 1. The first kappa shape index (κ1) is 15.9. The summed E-state index contributed by atoms with van der Waals surface area (Å²) >= 11 is 3.49. The van der Waals surface area contributed by atoms with Gasteiger partial charge in [-0.25, -0.2) is 9.67 Å². The van der Waals surface area contributed by atoms with Gasteiger partial charge in [0.15, 0.2) is 5.82 Å². The first-order valence-electron chi connectivity index (χ1n) is 7.73. The van der Waals surface area contributed by atoms with E-state index in [2.05, 4.69) is 45.5 Å². The normalized spacial score (nSPS) is 11.3. The van der Waals surface area contributed by atoms with Crippen LogP contribution in [0.5, 0.6) is 0 Å². The van der Waals surface area contributed by atoms with Crippen molar-refractivity contribution < 1.29 is 4.79 Å². The van der Waals surface area contributed by atoms with Crippen LogP contribution in [-0.4, -0.2) is 25.2 Å². The Morgan fingerprint density at radius 1 is 1.30 bits per heavy atom. The van der Waals surface area contributed by atoms with E-state index < -0.39 is 0 Å². The van der Waals surface area contributed by atoms with Gasteiger partial charge in [0.1, 0.15) is 5.69 Å². The summed E-state index contributed by atoms with van der Waals surface area (Å²) in [6.07, 6.45) is 0.811. The molecule has 0 saturated carbocycles. The molecule has 3 rings (SSSR count). The quantitative estimate of drug-likeness (QED) is 0.689. The number of carbonyl (C=O) groups excluding carboxylic acids is 1. The smallest absolute Gasteiger partial charge is 0.243 e. The summed E-state index contributed by atoms with van der Waals surface area (Å²) in [5, 5.41) is 4.55. The van der Waals surface area contributed by atoms with Crippen LogP contribution >= 0.6 is 15.9 Å². The SMILES string of the molecule is CCc1c(-c2nc3cc(Br)ccc3n2CC)nn(C(C)=O)c1C. The Morgan fingerprint density at radius 2 is 2.04 bits per heavy atom. The maximum absolute atomic E-state index is 11.8. The summed E-state index contributed by atoms with van der Waals surface area (Å²) in [6.45, 7) is 8.43. The lowest BCUT2D eigenvalue weighted by atomic mass is 10.1. The molecule has 0 radical (unpaired) electrons. The topological polar surface area (TPSA) is 52.7 Å². The van der Waals surface area contributed by atoms with E-state index >= 15 is 0 Å². The third-order valence-electron chi connectivity index (χ3n) is 4.13.